The Hall–Kier alpha value is -0.730. The lowest BCUT2D eigenvalue weighted by Crippen LogP contribution is -2.38. The van der Waals surface area contributed by atoms with E-state index in [1.807, 2.05) is 13.1 Å². The van der Waals surface area contributed by atoms with Crippen LogP contribution in [0.25, 0.3) is 0 Å². The number of halogens is 1. The molecule has 114 valence electrons. The Labute approximate surface area is 129 Å². The molecule has 1 aromatic rings. The molecule has 1 rings (SSSR count). The summed E-state index contributed by atoms with van der Waals surface area (Å²) in [4.78, 5) is 2.54. The third-order valence-corrected chi connectivity index (χ3v) is 4.06. The Kier molecular flexibility index (Phi) is 7.39. The van der Waals surface area contributed by atoms with Crippen molar-refractivity contribution in [3.8, 4) is 0 Å². The van der Waals surface area contributed by atoms with Crippen LogP contribution >= 0.6 is 11.6 Å². The van der Waals surface area contributed by atoms with Gasteiger partial charge in [-0.2, -0.15) is 0 Å². The topological polar surface area (TPSA) is 15.3 Å². The number of nitrogens with zero attached hydrogens (tertiary/aromatic N) is 1. The molecule has 0 spiro atoms. The van der Waals surface area contributed by atoms with E-state index in [9.17, 15) is 0 Å². The molecule has 0 saturated carbocycles. The minimum absolute atomic E-state index is 0.575. The van der Waals surface area contributed by atoms with Crippen LogP contribution in [0.5, 0.6) is 0 Å². The summed E-state index contributed by atoms with van der Waals surface area (Å²) in [5.74, 6) is 0.636. The highest BCUT2D eigenvalue weighted by Crippen LogP contribution is 2.30. The van der Waals surface area contributed by atoms with Gasteiger partial charge in [-0.05, 0) is 37.9 Å². The van der Waals surface area contributed by atoms with E-state index in [1.54, 1.807) is 0 Å². The van der Waals surface area contributed by atoms with Gasteiger partial charge in [0.25, 0.3) is 0 Å². The van der Waals surface area contributed by atoms with Gasteiger partial charge < -0.3 is 10.2 Å². The van der Waals surface area contributed by atoms with Crippen molar-refractivity contribution in [3.63, 3.8) is 0 Å². The lowest BCUT2D eigenvalue weighted by molar-refractivity contribution is 0.506. The van der Waals surface area contributed by atoms with Crippen molar-refractivity contribution in [1.29, 1.82) is 0 Å². The lowest BCUT2D eigenvalue weighted by atomic mass is 10.0. The van der Waals surface area contributed by atoms with E-state index < -0.39 is 0 Å². The first-order valence-corrected chi connectivity index (χ1v) is 8.11. The molecule has 1 N–H and O–H groups in total. The highest BCUT2D eigenvalue weighted by molar-refractivity contribution is 6.31. The molecule has 0 aliphatic rings. The predicted molar refractivity (Wildman–Crippen MR) is 90.8 cm³/mol. The molecule has 0 radical (unpaired) electrons. The van der Waals surface area contributed by atoms with Gasteiger partial charge in [-0.3, -0.25) is 0 Å². The van der Waals surface area contributed by atoms with Crippen molar-refractivity contribution in [1.82, 2.24) is 5.32 Å². The number of rotatable bonds is 8. The van der Waals surface area contributed by atoms with E-state index in [1.165, 1.54) is 11.3 Å². The fraction of sp³-hybridized carbons (Fsp3) is 0.647. The molecule has 0 aliphatic carbocycles. The molecule has 0 bridgehead atoms. The summed E-state index contributed by atoms with van der Waals surface area (Å²) in [5.41, 5.74) is 2.50. The second kappa shape index (κ2) is 8.53. The van der Waals surface area contributed by atoms with Crippen LogP contribution in [0.15, 0.2) is 18.2 Å². The first-order chi connectivity index (χ1) is 9.54. The molecule has 0 saturated heterocycles. The summed E-state index contributed by atoms with van der Waals surface area (Å²) in [5, 5.41) is 4.10. The van der Waals surface area contributed by atoms with Crippen molar-refractivity contribution in [2.24, 2.45) is 5.92 Å². The minimum Gasteiger partial charge on any atom is -0.368 e. The molecule has 2 nitrogen and oxygen atoms in total. The fourth-order valence-corrected chi connectivity index (χ4v) is 2.97. The molecule has 0 heterocycles. The van der Waals surface area contributed by atoms with E-state index in [2.05, 4.69) is 50.0 Å². The maximum Gasteiger partial charge on any atom is 0.0471 e. The first-order valence-electron chi connectivity index (χ1n) is 7.73. The molecule has 0 amide bonds. The summed E-state index contributed by atoms with van der Waals surface area (Å²) in [7, 11) is 1.97. The molecule has 3 heteroatoms. The highest BCUT2D eigenvalue weighted by atomic mass is 35.5. The van der Waals surface area contributed by atoms with E-state index >= 15 is 0 Å². The van der Waals surface area contributed by atoms with Crippen LogP contribution in [0, 0.1) is 5.92 Å². The van der Waals surface area contributed by atoms with Gasteiger partial charge in [0.05, 0.1) is 0 Å². The van der Waals surface area contributed by atoms with Gasteiger partial charge in [-0.15, -0.1) is 0 Å². The van der Waals surface area contributed by atoms with Crippen LogP contribution in [-0.2, 0) is 6.54 Å². The maximum atomic E-state index is 6.41. The van der Waals surface area contributed by atoms with E-state index in [-0.39, 0.29) is 0 Å². The van der Waals surface area contributed by atoms with E-state index in [0.29, 0.717) is 12.0 Å². The smallest absolute Gasteiger partial charge is 0.0471 e. The normalized spacial score (nSPS) is 11.4. The minimum atomic E-state index is 0.575. The van der Waals surface area contributed by atoms with Gasteiger partial charge in [0.2, 0.25) is 0 Å². The largest absolute Gasteiger partial charge is 0.368 e. The Morgan fingerprint density at radius 2 is 1.85 bits per heavy atom. The van der Waals surface area contributed by atoms with Crippen molar-refractivity contribution in [3.05, 3.63) is 28.8 Å². The third kappa shape index (κ3) is 4.39. The van der Waals surface area contributed by atoms with Crippen LogP contribution in [0.1, 0.15) is 46.1 Å². The molecule has 0 aliphatic heterocycles. The van der Waals surface area contributed by atoms with Crippen molar-refractivity contribution < 1.29 is 0 Å². The van der Waals surface area contributed by atoms with Crippen LogP contribution in [0.4, 0.5) is 5.69 Å². The number of benzene rings is 1. The molecule has 0 unspecified atom stereocenters. The van der Waals surface area contributed by atoms with Gasteiger partial charge in [0.1, 0.15) is 0 Å². The monoisotopic (exact) mass is 296 g/mol. The molecule has 1 aromatic carbocycles. The zero-order valence-corrected chi connectivity index (χ0v) is 14.3. The second-order valence-electron chi connectivity index (χ2n) is 5.78. The molecular formula is C17H29ClN2. The van der Waals surface area contributed by atoms with Crippen LogP contribution in [-0.4, -0.2) is 19.6 Å². The molecule has 0 fully saturated rings. The average molecular weight is 297 g/mol. The van der Waals surface area contributed by atoms with Crippen LogP contribution in [0.2, 0.25) is 5.02 Å². The Morgan fingerprint density at radius 3 is 2.35 bits per heavy atom. The van der Waals surface area contributed by atoms with Crippen molar-refractivity contribution in [2.75, 3.05) is 18.5 Å². The van der Waals surface area contributed by atoms with E-state index in [4.69, 9.17) is 11.6 Å². The Morgan fingerprint density at radius 1 is 1.20 bits per heavy atom. The van der Waals surface area contributed by atoms with Crippen LogP contribution in [0.3, 0.4) is 0 Å². The second-order valence-corrected chi connectivity index (χ2v) is 6.19. The third-order valence-electron chi connectivity index (χ3n) is 3.70. The lowest BCUT2D eigenvalue weighted by Gasteiger charge is -2.36. The molecule has 20 heavy (non-hydrogen) atoms. The van der Waals surface area contributed by atoms with Crippen LogP contribution < -0.4 is 10.2 Å². The molecular weight excluding hydrogens is 268 g/mol. The summed E-state index contributed by atoms with van der Waals surface area (Å²) >= 11 is 6.41. The van der Waals surface area contributed by atoms with Gasteiger partial charge in [-0.1, -0.05) is 45.4 Å². The number of hydrogen-bond acceptors (Lipinski definition) is 2. The Bertz CT molecular complexity index is 400. The summed E-state index contributed by atoms with van der Waals surface area (Å²) in [6.07, 6.45) is 2.32. The van der Waals surface area contributed by atoms with Crippen molar-refractivity contribution >= 4 is 17.3 Å². The zero-order valence-electron chi connectivity index (χ0n) is 13.5. The number of nitrogens with one attached hydrogen (secondary N) is 1. The summed E-state index contributed by atoms with van der Waals surface area (Å²) in [6.45, 7) is 11.0. The highest BCUT2D eigenvalue weighted by Gasteiger charge is 2.20. The van der Waals surface area contributed by atoms with E-state index in [0.717, 1.165) is 31.0 Å². The first kappa shape index (κ1) is 17.3. The zero-order chi connectivity index (χ0) is 15.1. The maximum absolute atomic E-state index is 6.41. The Balaban J connectivity index is 3.21. The average Bonchev–Trinajstić information content (AvgIpc) is 2.41. The van der Waals surface area contributed by atoms with Gasteiger partial charge in [0.15, 0.2) is 0 Å². The molecule has 0 aromatic heterocycles. The van der Waals surface area contributed by atoms with Gasteiger partial charge >= 0.3 is 0 Å². The SMILES string of the molecule is CCC(CC)N(CC(C)C)c1cccc(Cl)c1CNC. The van der Waals surface area contributed by atoms with Gasteiger partial charge in [0, 0.05) is 35.4 Å². The fourth-order valence-electron chi connectivity index (χ4n) is 2.74. The van der Waals surface area contributed by atoms with Crippen molar-refractivity contribution in [2.45, 2.75) is 53.1 Å². The van der Waals surface area contributed by atoms with Gasteiger partial charge in [-0.25, -0.2) is 0 Å². The standard InChI is InChI=1S/C17H29ClN2/c1-6-14(7-2)20(12-13(3)4)17-10-8-9-16(18)15(17)11-19-5/h8-10,13-14,19H,6-7,11-12H2,1-5H3. The summed E-state index contributed by atoms with van der Waals surface area (Å²) < 4.78 is 0. The summed E-state index contributed by atoms with van der Waals surface area (Å²) in [6, 6.07) is 6.83. The number of anilines is 1. The predicted octanol–water partition coefficient (Wildman–Crippen LogP) is 4.71. The number of hydrogen-bond donors (Lipinski definition) is 1. The quantitative estimate of drug-likeness (QED) is 0.747. The molecule has 0 atom stereocenters.